The number of hydrogen-bond donors (Lipinski definition) is 1. The highest BCUT2D eigenvalue weighted by Crippen LogP contribution is 2.22. The van der Waals surface area contributed by atoms with Gasteiger partial charge in [-0.25, -0.2) is 0 Å². The maximum absolute atomic E-state index is 11.9. The molecule has 1 aliphatic rings. The third-order valence-corrected chi connectivity index (χ3v) is 3.22. The summed E-state index contributed by atoms with van der Waals surface area (Å²) in [6.45, 7) is 7.26. The van der Waals surface area contributed by atoms with Crippen LogP contribution in [0.5, 0.6) is 0 Å². The van der Waals surface area contributed by atoms with E-state index in [1.165, 1.54) is 0 Å². The van der Waals surface area contributed by atoms with Crippen molar-refractivity contribution >= 4 is 5.91 Å². The number of nitrogens with zero attached hydrogens (tertiary/aromatic N) is 1. The maximum atomic E-state index is 11.9. The first-order chi connectivity index (χ1) is 6.56. The fourth-order valence-corrected chi connectivity index (χ4v) is 2.11. The van der Waals surface area contributed by atoms with E-state index in [0.717, 1.165) is 25.3 Å². The van der Waals surface area contributed by atoms with Crippen LogP contribution in [0, 0.1) is 5.92 Å². The van der Waals surface area contributed by atoms with E-state index in [0.29, 0.717) is 6.04 Å². The molecule has 1 fully saturated rings. The van der Waals surface area contributed by atoms with Gasteiger partial charge in [0.05, 0.1) is 6.04 Å². The molecule has 0 aromatic carbocycles. The zero-order valence-corrected chi connectivity index (χ0v) is 9.71. The summed E-state index contributed by atoms with van der Waals surface area (Å²) >= 11 is 0. The normalized spacial score (nSPS) is 30.1. The Morgan fingerprint density at radius 1 is 1.50 bits per heavy atom. The molecule has 1 rings (SSSR count). The first-order valence-electron chi connectivity index (χ1n) is 5.54. The van der Waals surface area contributed by atoms with Crippen LogP contribution in [-0.4, -0.2) is 36.5 Å². The van der Waals surface area contributed by atoms with Gasteiger partial charge in [-0.2, -0.15) is 0 Å². The van der Waals surface area contributed by atoms with Crippen LogP contribution in [-0.2, 0) is 4.79 Å². The summed E-state index contributed by atoms with van der Waals surface area (Å²) in [6.07, 6.45) is 2.29. The summed E-state index contributed by atoms with van der Waals surface area (Å²) in [5.74, 6) is 1.01. The van der Waals surface area contributed by atoms with E-state index in [2.05, 4.69) is 19.2 Å². The number of rotatable bonds is 2. The van der Waals surface area contributed by atoms with Crippen molar-refractivity contribution in [3.05, 3.63) is 0 Å². The van der Waals surface area contributed by atoms with Crippen molar-refractivity contribution in [2.45, 2.75) is 45.7 Å². The summed E-state index contributed by atoms with van der Waals surface area (Å²) < 4.78 is 0. The van der Waals surface area contributed by atoms with Crippen LogP contribution < -0.4 is 5.32 Å². The Balaban J connectivity index is 2.55. The molecule has 0 radical (unpaired) electrons. The summed E-state index contributed by atoms with van der Waals surface area (Å²) in [4.78, 5) is 13.9. The van der Waals surface area contributed by atoms with Crippen LogP contribution in [0.15, 0.2) is 0 Å². The number of carbonyl (C=O) groups excluding carboxylic acids is 1. The molecule has 82 valence electrons. The Labute approximate surface area is 86.9 Å². The SMILES string of the molecule is CN[C@@H](C)C(=O)N1CCC(C)CC1C. The van der Waals surface area contributed by atoms with E-state index in [1.807, 2.05) is 18.9 Å². The van der Waals surface area contributed by atoms with Gasteiger partial charge in [0.25, 0.3) is 0 Å². The van der Waals surface area contributed by atoms with E-state index >= 15 is 0 Å². The average Bonchev–Trinajstić information content (AvgIpc) is 2.15. The van der Waals surface area contributed by atoms with Gasteiger partial charge in [0.1, 0.15) is 0 Å². The van der Waals surface area contributed by atoms with Crippen molar-refractivity contribution < 1.29 is 4.79 Å². The highest BCUT2D eigenvalue weighted by molar-refractivity contribution is 5.81. The zero-order valence-electron chi connectivity index (χ0n) is 9.71. The van der Waals surface area contributed by atoms with Crippen LogP contribution in [0.3, 0.4) is 0 Å². The fourth-order valence-electron chi connectivity index (χ4n) is 2.11. The topological polar surface area (TPSA) is 32.3 Å². The summed E-state index contributed by atoms with van der Waals surface area (Å²) in [5.41, 5.74) is 0. The van der Waals surface area contributed by atoms with E-state index in [4.69, 9.17) is 0 Å². The van der Waals surface area contributed by atoms with Crippen molar-refractivity contribution in [2.24, 2.45) is 5.92 Å². The van der Waals surface area contributed by atoms with Crippen LogP contribution in [0.25, 0.3) is 0 Å². The minimum absolute atomic E-state index is 0.0501. The molecule has 1 amide bonds. The van der Waals surface area contributed by atoms with Crippen molar-refractivity contribution in [1.29, 1.82) is 0 Å². The van der Waals surface area contributed by atoms with E-state index in [9.17, 15) is 4.79 Å². The van der Waals surface area contributed by atoms with Gasteiger partial charge in [-0.1, -0.05) is 6.92 Å². The molecular formula is C11H22N2O. The molecule has 1 heterocycles. The Morgan fingerprint density at radius 3 is 2.64 bits per heavy atom. The molecule has 1 N–H and O–H groups in total. The first-order valence-corrected chi connectivity index (χ1v) is 5.54. The number of likely N-dealkylation sites (N-methyl/N-ethyl adjacent to an activating group) is 1. The second-order valence-corrected chi connectivity index (χ2v) is 4.52. The smallest absolute Gasteiger partial charge is 0.239 e. The molecule has 3 heteroatoms. The lowest BCUT2D eigenvalue weighted by Gasteiger charge is -2.37. The largest absolute Gasteiger partial charge is 0.339 e. The molecule has 0 saturated carbocycles. The summed E-state index contributed by atoms with van der Waals surface area (Å²) in [5, 5.41) is 3.00. The molecule has 14 heavy (non-hydrogen) atoms. The Hall–Kier alpha value is -0.570. The molecule has 0 aromatic heterocycles. The van der Waals surface area contributed by atoms with Crippen LogP contribution in [0.1, 0.15) is 33.6 Å². The van der Waals surface area contributed by atoms with Crippen molar-refractivity contribution in [2.75, 3.05) is 13.6 Å². The minimum Gasteiger partial charge on any atom is -0.339 e. The van der Waals surface area contributed by atoms with Gasteiger partial charge >= 0.3 is 0 Å². The molecule has 0 aliphatic carbocycles. The Kier molecular flexibility index (Phi) is 3.93. The lowest BCUT2D eigenvalue weighted by atomic mass is 9.93. The monoisotopic (exact) mass is 198 g/mol. The maximum Gasteiger partial charge on any atom is 0.239 e. The number of piperidine rings is 1. The minimum atomic E-state index is -0.0501. The zero-order chi connectivity index (χ0) is 10.7. The lowest BCUT2D eigenvalue weighted by molar-refractivity contribution is -0.136. The average molecular weight is 198 g/mol. The molecule has 3 nitrogen and oxygen atoms in total. The van der Waals surface area contributed by atoms with Crippen molar-refractivity contribution in [3.63, 3.8) is 0 Å². The molecular weight excluding hydrogens is 176 g/mol. The molecule has 0 spiro atoms. The molecule has 3 atom stereocenters. The Morgan fingerprint density at radius 2 is 2.14 bits per heavy atom. The second-order valence-electron chi connectivity index (χ2n) is 4.52. The highest BCUT2D eigenvalue weighted by Gasteiger charge is 2.28. The van der Waals surface area contributed by atoms with Gasteiger partial charge in [0.15, 0.2) is 0 Å². The number of nitrogens with one attached hydrogen (secondary N) is 1. The first kappa shape index (κ1) is 11.5. The van der Waals surface area contributed by atoms with Crippen LogP contribution in [0.4, 0.5) is 0 Å². The highest BCUT2D eigenvalue weighted by atomic mass is 16.2. The molecule has 0 bridgehead atoms. The number of amides is 1. The summed E-state index contributed by atoms with van der Waals surface area (Å²) in [7, 11) is 1.83. The third kappa shape index (κ3) is 2.47. The van der Waals surface area contributed by atoms with Gasteiger partial charge in [-0.05, 0) is 39.7 Å². The van der Waals surface area contributed by atoms with Crippen molar-refractivity contribution in [3.8, 4) is 0 Å². The molecule has 0 aromatic rings. The molecule has 2 unspecified atom stereocenters. The third-order valence-electron chi connectivity index (χ3n) is 3.22. The fraction of sp³-hybridized carbons (Fsp3) is 0.909. The predicted molar refractivity (Wildman–Crippen MR) is 58.1 cm³/mol. The number of likely N-dealkylation sites (tertiary alicyclic amines) is 1. The second kappa shape index (κ2) is 4.78. The van der Waals surface area contributed by atoms with Gasteiger partial charge in [-0.3, -0.25) is 4.79 Å². The van der Waals surface area contributed by atoms with Gasteiger partial charge < -0.3 is 10.2 Å². The van der Waals surface area contributed by atoms with Crippen molar-refractivity contribution in [1.82, 2.24) is 10.2 Å². The predicted octanol–water partition coefficient (Wildman–Crippen LogP) is 1.24. The van der Waals surface area contributed by atoms with Crippen LogP contribution in [0.2, 0.25) is 0 Å². The molecule has 1 saturated heterocycles. The quantitative estimate of drug-likeness (QED) is 0.724. The van der Waals surface area contributed by atoms with Gasteiger partial charge in [0, 0.05) is 12.6 Å². The van der Waals surface area contributed by atoms with Gasteiger partial charge in [0.2, 0.25) is 5.91 Å². The van der Waals surface area contributed by atoms with Crippen LogP contribution >= 0.6 is 0 Å². The Bertz CT molecular complexity index is 205. The van der Waals surface area contributed by atoms with Gasteiger partial charge in [-0.15, -0.1) is 0 Å². The number of hydrogen-bond acceptors (Lipinski definition) is 2. The van der Waals surface area contributed by atoms with E-state index < -0.39 is 0 Å². The van der Waals surface area contributed by atoms with E-state index in [-0.39, 0.29) is 11.9 Å². The standard InChI is InChI=1S/C11H22N2O/c1-8-5-6-13(9(2)7-8)11(14)10(3)12-4/h8-10,12H,5-7H2,1-4H3/t8?,9?,10-/m0/s1. The number of carbonyl (C=O) groups is 1. The summed E-state index contributed by atoms with van der Waals surface area (Å²) in [6, 6.07) is 0.355. The van der Waals surface area contributed by atoms with E-state index in [1.54, 1.807) is 0 Å². The lowest BCUT2D eigenvalue weighted by Crippen LogP contribution is -2.50. The molecule has 1 aliphatic heterocycles.